The molecule has 2 aromatic carbocycles. The van der Waals surface area contributed by atoms with E-state index < -0.39 is 0 Å². The second-order valence-corrected chi connectivity index (χ2v) is 5.95. The first kappa shape index (κ1) is 12.1. The van der Waals surface area contributed by atoms with Crippen LogP contribution in [0.15, 0.2) is 60.7 Å². The van der Waals surface area contributed by atoms with E-state index in [1.165, 1.54) is 11.1 Å². The summed E-state index contributed by atoms with van der Waals surface area (Å²) in [6, 6.07) is 21.5. The van der Waals surface area contributed by atoms with Crippen LogP contribution in [0, 0.1) is 0 Å². The summed E-state index contributed by atoms with van der Waals surface area (Å²) in [5.41, 5.74) is 2.60. The highest BCUT2D eigenvalue weighted by atomic mass is 16.6. The summed E-state index contributed by atoms with van der Waals surface area (Å²) in [5, 5.41) is 0. The van der Waals surface area contributed by atoms with Gasteiger partial charge in [0.15, 0.2) is 0 Å². The zero-order valence-electron chi connectivity index (χ0n) is 11.7. The van der Waals surface area contributed by atoms with Crippen molar-refractivity contribution in [2.24, 2.45) is 0 Å². The van der Waals surface area contributed by atoms with E-state index in [4.69, 9.17) is 4.74 Å². The number of piperidine rings is 1. The molecular weight excluding hydrogens is 246 g/mol. The van der Waals surface area contributed by atoms with Gasteiger partial charge in [-0.3, -0.25) is 0 Å². The molecule has 2 saturated heterocycles. The second-order valence-electron chi connectivity index (χ2n) is 5.95. The highest BCUT2D eigenvalue weighted by Crippen LogP contribution is 2.58. The fraction of sp³-hybridized carbons (Fsp3) is 0.333. The number of epoxide rings is 1. The molecule has 20 heavy (non-hydrogen) atoms. The quantitative estimate of drug-likeness (QED) is 0.776. The van der Waals surface area contributed by atoms with Crippen LogP contribution in [0.4, 0.5) is 0 Å². The average Bonchev–Trinajstić information content (AvgIpc) is 3.23. The van der Waals surface area contributed by atoms with Gasteiger partial charge in [-0.2, -0.15) is 0 Å². The van der Waals surface area contributed by atoms with E-state index in [1.807, 2.05) is 0 Å². The standard InChI is InChI=1S/C18H19NO/c1-19-12-16(14-8-4-2-5-9-14)18(17(13-19)20-18)15-10-6-3-7-11-15/h2-11,16-17H,12-13H2,1H3. The molecule has 102 valence electrons. The van der Waals surface area contributed by atoms with E-state index in [2.05, 4.69) is 72.6 Å². The van der Waals surface area contributed by atoms with Gasteiger partial charge in [0.05, 0.1) is 0 Å². The normalized spacial score (nSPS) is 32.6. The minimum Gasteiger partial charge on any atom is -0.359 e. The number of hydrogen-bond donors (Lipinski definition) is 0. The molecule has 0 N–H and O–H groups in total. The molecule has 0 radical (unpaired) electrons. The third-order valence-electron chi connectivity index (χ3n) is 4.67. The Balaban J connectivity index is 1.79. The molecule has 4 rings (SSSR count). The first-order chi connectivity index (χ1) is 9.80. The van der Waals surface area contributed by atoms with E-state index in [9.17, 15) is 0 Å². The molecule has 2 nitrogen and oxygen atoms in total. The molecule has 2 fully saturated rings. The predicted octanol–water partition coefficient (Wildman–Crippen LogP) is 3.01. The summed E-state index contributed by atoms with van der Waals surface area (Å²) < 4.78 is 6.25. The second kappa shape index (κ2) is 4.44. The Hall–Kier alpha value is -1.64. The maximum atomic E-state index is 6.25. The van der Waals surface area contributed by atoms with Crippen molar-refractivity contribution in [2.45, 2.75) is 17.6 Å². The Bertz CT molecular complexity index is 597. The molecule has 0 aliphatic carbocycles. The van der Waals surface area contributed by atoms with Crippen molar-refractivity contribution in [1.29, 1.82) is 0 Å². The molecule has 0 bridgehead atoms. The van der Waals surface area contributed by atoms with Crippen LogP contribution in [0.1, 0.15) is 17.0 Å². The molecular formula is C18H19NO. The lowest BCUT2D eigenvalue weighted by Gasteiger charge is -2.34. The largest absolute Gasteiger partial charge is 0.359 e. The number of benzene rings is 2. The highest BCUT2D eigenvalue weighted by Gasteiger charge is 2.65. The minimum absolute atomic E-state index is 0.102. The van der Waals surface area contributed by atoms with Crippen molar-refractivity contribution < 1.29 is 4.74 Å². The Labute approximate surface area is 120 Å². The van der Waals surface area contributed by atoms with Crippen LogP contribution in [0.3, 0.4) is 0 Å². The third-order valence-corrected chi connectivity index (χ3v) is 4.67. The number of hydrogen-bond acceptors (Lipinski definition) is 2. The van der Waals surface area contributed by atoms with Crippen LogP contribution in [-0.4, -0.2) is 31.1 Å². The Kier molecular flexibility index (Phi) is 2.69. The van der Waals surface area contributed by atoms with Crippen molar-refractivity contribution in [3.8, 4) is 0 Å². The van der Waals surface area contributed by atoms with Crippen LogP contribution < -0.4 is 0 Å². The summed E-state index contributed by atoms with van der Waals surface area (Å²) >= 11 is 0. The van der Waals surface area contributed by atoms with Gasteiger partial charge in [-0.15, -0.1) is 0 Å². The lowest BCUT2D eigenvalue weighted by Crippen LogP contribution is -2.42. The number of nitrogens with zero attached hydrogens (tertiary/aromatic N) is 1. The fourth-order valence-electron chi connectivity index (χ4n) is 3.68. The van der Waals surface area contributed by atoms with Crippen molar-refractivity contribution in [2.75, 3.05) is 20.1 Å². The minimum atomic E-state index is -0.102. The van der Waals surface area contributed by atoms with Crippen LogP contribution in [0.5, 0.6) is 0 Å². The molecule has 2 heteroatoms. The zero-order valence-corrected chi connectivity index (χ0v) is 11.7. The van der Waals surface area contributed by atoms with Gasteiger partial charge in [0.25, 0.3) is 0 Å². The summed E-state index contributed by atoms with van der Waals surface area (Å²) in [4.78, 5) is 2.39. The maximum absolute atomic E-state index is 6.25. The molecule has 3 unspecified atom stereocenters. The molecule has 0 aromatic heterocycles. The van der Waals surface area contributed by atoms with Gasteiger partial charge in [-0.25, -0.2) is 0 Å². The monoisotopic (exact) mass is 265 g/mol. The summed E-state index contributed by atoms with van der Waals surface area (Å²) in [6.07, 6.45) is 0.328. The lowest BCUT2D eigenvalue weighted by molar-refractivity contribution is 0.224. The van der Waals surface area contributed by atoms with E-state index in [-0.39, 0.29) is 5.60 Å². The predicted molar refractivity (Wildman–Crippen MR) is 79.7 cm³/mol. The SMILES string of the molecule is CN1CC2OC2(c2ccccc2)C(c2ccccc2)C1. The Morgan fingerprint density at radius 3 is 2.30 bits per heavy atom. The highest BCUT2D eigenvalue weighted by molar-refractivity contribution is 5.39. The lowest BCUT2D eigenvalue weighted by atomic mass is 9.76. The van der Waals surface area contributed by atoms with Crippen LogP contribution in [0.25, 0.3) is 0 Å². The molecule has 3 atom stereocenters. The fourth-order valence-corrected chi connectivity index (χ4v) is 3.68. The smallest absolute Gasteiger partial charge is 0.129 e. The van der Waals surface area contributed by atoms with E-state index in [0.29, 0.717) is 12.0 Å². The van der Waals surface area contributed by atoms with Gasteiger partial charge in [0, 0.05) is 19.0 Å². The molecule has 0 saturated carbocycles. The first-order valence-electron chi connectivity index (χ1n) is 7.27. The van der Waals surface area contributed by atoms with Gasteiger partial charge >= 0.3 is 0 Å². The molecule has 0 spiro atoms. The Morgan fingerprint density at radius 1 is 0.950 bits per heavy atom. The molecule has 2 aliphatic heterocycles. The number of likely N-dealkylation sites (tertiary alicyclic amines) is 1. The number of ether oxygens (including phenoxy) is 1. The van der Waals surface area contributed by atoms with Crippen molar-refractivity contribution >= 4 is 0 Å². The van der Waals surface area contributed by atoms with Gasteiger partial charge in [0.2, 0.25) is 0 Å². The average molecular weight is 265 g/mol. The molecule has 2 aromatic rings. The van der Waals surface area contributed by atoms with Crippen molar-refractivity contribution in [1.82, 2.24) is 4.90 Å². The van der Waals surface area contributed by atoms with Gasteiger partial charge < -0.3 is 9.64 Å². The van der Waals surface area contributed by atoms with Gasteiger partial charge in [-0.1, -0.05) is 60.7 Å². The molecule has 2 aliphatic rings. The van der Waals surface area contributed by atoms with Crippen molar-refractivity contribution in [3.05, 3.63) is 71.8 Å². The van der Waals surface area contributed by atoms with Crippen LogP contribution >= 0.6 is 0 Å². The van der Waals surface area contributed by atoms with Gasteiger partial charge in [-0.05, 0) is 18.2 Å². The number of rotatable bonds is 2. The van der Waals surface area contributed by atoms with Crippen LogP contribution in [-0.2, 0) is 10.3 Å². The van der Waals surface area contributed by atoms with E-state index in [0.717, 1.165) is 13.1 Å². The first-order valence-corrected chi connectivity index (χ1v) is 7.27. The zero-order chi connectivity index (χ0) is 13.6. The molecule has 0 amide bonds. The molecule has 2 heterocycles. The van der Waals surface area contributed by atoms with Gasteiger partial charge in [0.1, 0.15) is 11.7 Å². The summed E-state index contributed by atoms with van der Waals surface area (Å²) in [5.74, 6) is 0.412. The van der Waals surface area contributed by atoms with Crippen molar-refractivity contribution in [3.63, 3.8) is 0 Å². The number of fused-ring (bicyclic) bond motifs is 1. The Morgan fingerprint density at radius 2 is 1.60 bits per heavy atom. The van der Waals surface area contributed by atoms with E-state index >= 15 is 0 Å². The third kappa shape index (κ3) is 1.72. The summed E-state index contributed by atoms with van der Waals surface area (Å²) in [7, 11) is 2.19. The maximum Gasteiger partial charge on any atom is 0.129 e. The van der Waals surface area contributed by atoms with Crippen LogP contribution in [0.2, 0.25) is 0 Å². The summed E-state index contributed by atoms with van der Waals surface area (Å²) in [6.45, 7) is 2.08. The number of likely N-dealkylation sites (N-methyl/N-ethyl adjacent to an activating group) is 1. The van der Waals surface area contributed by atoms with E-state index in [1.54, 1.807) is 0 Å². The topological polar surface area (TPSA) is 15.8 Å².